The zero-order valence-electron chi connectivity index (χ0n) is 10.9. The normalized spacial score (nSPS) is 20.7. The number of thiophene rings is 1. The number of nitrogens with one attached hydrogen (secondary N) is 1. The van der Waals surface area contributed by atoms with Crippen LogP contribution in [0.1, 0.15) is 29.3 Å². The first-order valence-electron chi connectivity index (χ1n) is 6.27. The molecule has 2 unspecified atom stereocenters. The summed E-state index contributed by atoms with van der Waals surface area (Å²) in [5.41, 5.74) is 1.46. The van der Waals surface area contributed by atoms with E-state index in [2.05, 4.69) is 27.3 Å². The molecule has 0 amide bonds. The summed E-state index contributed by atoms with van der Waals surface area (Å²) in [6, 6.07) is 2.72. The highest BCUT2D eigenvalue weighted by Crippen LogP contribution is 2.37. The lowest BCUT2D eigenvalue weighted by atomic mass is 9.94. The number of aryl methyl sites for hydroxylation is 1. The van der Waals surface area contributed by atoms with E-state index >= 15 is 0 Å². The average molecular weight is 334 g/mol. The fraction of sp³-hybridized carbons (Fsp3) is 0.692. The van der Waals surface area contributed by atoms with Gasteiger partial charge in [0, 0.05) is 31.7 Å². The summed E-state index contributed by atoms with van der Waals surface area (Å²) in [4.78, 5) is 1.52. The van der Waals surface area contributed by atoms with Crippen LogP contribution in [0, 0.1) is 0 Å². The van der Waals surface area contributed by atoms with Crippen molar-refractivity contribution in [2.45, 2.75) is 31.4 Å². The van der Waals surface area contributed by atoms with E-state index < -0.39 is 0 Å². The molecule has 0 fully saturated rings. The average Bonchev–Trinajstić information content (AvgIpc) is 2.75. The Kier molecular flexibility index (Phi) is 5.63. The number of halogens is 1. The van der Waals surface area contributed by atoms with Gasteiger partial charge in [-0.2, -0.15) is 0 Å². The van der Waals surface area contributed by atoms with Crippen molar-refractivity contribution in [2.75, 3.05) is 27.4 Å². The van der Waals surface area contributed by atoms with E-state index in [-0.39, 0.29) is 6.10 Å². The van der Waals surface area contributed by atoms with Gasteiger partial charge in [0.05, 0.1) is 16.5 Å². The Hall–Kier alpha value is 0.0600. The van der Waals surface area contributed by atoms with Crippen LogP contribution in [0.5, 0.6) is 0 Å². The lowest BCUT2D eigenvalue weighted by molar-refractivity contribution is 0.0270. The second-order valence-corrected chi connectivity index (χ2v) is 7.11. The van der Waals surface area contributed by atoms with Crippen LogP contribution in [-0.2, 0) is 15.9 Å². The molecule has 0 aliphatic heterocycles. The maximum absolute atomic E-state index is 5.38. The fourth-order valence-corrected chi connectivity index (χ4v) is 4.22. The summed E-state index contributed by atoms with van der Waals surface area (Å²) < 4.78 is 11.8. The van der Waals surface area contributed by atoms with Gasteiger partial charge >= 0.3 is 0 Å². The first-order chi connectivity index (χ1) is 8.74. The molecule has 0 bridgehead atoms. The minimum atomic E-state index is 0.127. The third kappa shape index (κ3) is 3.54. The van der Waals surface area contributed by atoms with Crippen molar-refractivity contribution in [3.63, 3.8) is 0 Å². The van der Waals surface area contributed by atoms with Crippen molar-refractivity contribution in [1.29, 1.82) is 0 Å². The standard InChI is InChI=1S/C13H20BrNO2S/c1-16-8-9(17-2)7-15-11-4-3-5-12-10(11)6-13(14)18-12/h6,9,11,15H,3-5,7-8H2,1-2H3. The molecule has 102 valence electrons. The maximum Gasteiger partial charge on any atom is 0.0928 e. The zero-order valence-corrected chi connectivity index (χ0v) is 13.3. The monoisotopic (exact) mass is 333 g/mol. The van der Waals surface area contributed by atoms with Gasteiger partial charge in [-0.3, -0.25) is 0 Å². The summed E-state index contributed by atoms with van der Waals surface area (Å²) in [6.07, 6.45) is 3.82. The van der Waals surface area contributed by atoms with Crippen molar-refractivity contribution in [2.24, 2.45) is 0 Å². The third-order valence-electron chi connectivity index (χ3n) is 3.36. The number of ether oxygens (including phenoxy) is 2. The van der Waals surface area contributed by atoms with E-state index in [1.54, 1.807) is 14.2 Å². The van der Waals surface area contributed by atoms with Gasteiger partial charge in [0.1, 0.15) is 0 Å². The second-order valence-electron chi connectivity index (χ2n) is 4.60. The molecule has 1 aliphatic carbocycles. The number of methoxy groups -OCH3 is 2. The van der Waals surface area contributed by atoms with Crippen LogP contribution >= 0.6 is 27.3 Å². The Morgan fingerprint density at radius 2 is 2.39 bits per heavy atom. The molecule has 0 spiro atoms. The summed E-state index contributed by atoms with van der Waals surface area (Å²) in [5.74, 6) is 0. The van der Waals surface area contributed by atoms with Gasteiger partial charge in [-0.05, 0) is 46.8 Å². The van der Waals surface area contributed by atoms with Crippen molar-refractivity contribution in [3.8, 4) is 0 Å². The molecule has 2 atom stereocenters. The predicted octanol–water partition coefficient (Wildman–Crippen LogP) is 3.14. The summed E-state index contributed by atoms with van der Waals surface area (Å²) in [6.45, 7) is 1.47. The lowest BCUT2D eigenvalue weighted by Gasteiger charge is -2.25. The number of hydrogen-bond acceptors (Lipinski definition) is 4. The van der Waals surface area contributed by atoms with Crippen LogP contribution in [0.25, 0.3) is 0 Å². The summed E-state index contributed by atoms with van der Waals surface area (Å²) in [7, 11) is 3.44. The minimum Gasteiger partial charge on any atom is -0.382 e. The minimum absolute atomic E-state index is 0.127. The van der Waals surface area contributed by atoms with Gasteiger partial charge in [-0.1, -0.05) is 0 Å². The highest BCUT2D eigenvalue weighted by Gasteiger charge is 2.23. The molecule has 1 aromatic rings. The van der Waals surface area contributed by atoms with Crippen LogP contribution in [0.15, 0.2) is 9.85 Å². The smallest absolute Gasteiger partial charge is 0.0928 e. The van der Waals surface area contributed by atoms with Crippen LogP contribution in [0.3, 0.4) is 0 Å². The first-order valence-corrected chi connectivity index (χ1v) is 7.88. The zero-order chi connectivity index (χ0) is 13.0. The van der Waals surface area contributed by atoms with Crippen LogP contribution in [0.2, 0.25) is 0 Å². The molecular weight excluding hydrogens is 314 g/mol. The molecule has 2 rings (SSSR count). The van der Waals surface area contributed by atoms with Gasteiger partial charge in [0.25, 0.3) is 0 Å². The molecule has 1 N–H and O–H groups in total. The lowest BCUT2D eigenvalue weighted by Crippen LogP contribution is -2.35. The van der Waals surface area contributed by atoms with Gasteiger partial charge in [0.15, 0.2) is 0 Å². The van der Waals surface area contributed by atoms with Gasteiger partial charge in [-0.15, -0.1) is 11.3 Å². The number of fused-ring (bicyclic) bond motifs is 1. The van der Waals surface area contributed by atoms with E-state index in [1.807, 2.05) is 11.3 Å². The molecule has 0 saturated heterocycles. The number of rotatable bonds is 6. The highest BCUT2D eigenvalue weighted by atomic mass is 79.9. The first kappa shape index (κ1) is 14.5. The van der Waals surface area contributed by atoms with E-state index in [1.165, 1.54) is 33.5 Å². The Balaban J connectivity index is 1.94. The molecular formula is C13H20BrNO2S. The molecule has 1 aromatic heterocycles. The van der Waals surface area contributed by atoms with Crippen LogP contribution in [-0.4, -0.2) is 33.5 Å². The molecule has 1 heterocycles. The highest BCUT2D eigenvalue weighted by molar-refractivity contribution is 9.11. The number of hydrogen-bond donors (Lipinski definition) is 1. The molecule has 0 aromatic carbocycles. The molecule has 5 heteroatoms. The van der Waals surface area contributed by atoms with E-state index in [0.717, 1.165) is 6.54 Å². The Morgan fingerprint density at radius 3 is 3.11 bits per heavy atom. The van der Waals surface area contributed by atoms with Crippen molar-refractivity contribution < 1.29 is 9.47 Å². The molecule has 1 aliphatic rings. The van der Waals surface area contributed by atoms with Gasteiger partial charge in [-0.25, -0.2) is 0 Å². The van der Waals surface area contributed by atoms with Crippen molar-refractivity contribution in [1.82, 2.24) is 5.32 Å². The molecule has 0 radical (unpaired) electrons. The summed E-state index contributed by atoms with van der Waals surface area (Å²) in [5, 5.41) is 3.61. The van der Waals surface area contributed by atoms with Crippen LogP contribution < -0.4 is 5.32 Å². The topological polar surface area (TPSA) is 30.5 Å². The van der Waals surface area contributed by atoms with E-state index in [4.69, 9.17) is 9.47 Å². The third-order valence-corrected chi connectivity index (χ3v) is 5.08. The second kappa shape index (κ2) is 7.01. The Bertz CT molecular complexity index is 383. The quantitative estimate of drug-likeness (QED) is 0.867. The van der Waals surface area contributed by atoms with Crippen molar-refractivity contribution >= 4 is 27.3 Å². The molecule has 18 heavy (non-hydrogen) atoms. The molecule has 0 saturated carbocycles. The summed E-state index contributed by atoms with van der Waals surface area (Å²) >= 11 is 5.45. The Labute approximate surface area is 121 Å². The van der Waals surface area contributed by atoms with Crippen LogP contribution in [0.4, 0.5) is 0 Å². The predicted molar refractivity (Wildman–Crippen MR) is 78.4 cm³/mol. The van der Waals surface area contributed by atoms with E-state index in [9.17, 15) is 0 Å². The van der Waals surface area contributed by atoms with Gasteiger partial charge < -0.3 is 14.8 Å². The van der Waals surface area contributed by atoms with Gasteiger partial charge in [0.2, 0.25) is 0 Å². The Morgan fingerprint density at radius 1 is 1.56 bits per heavy atom. The largest absolute Gasteiger partial charge is 0.382 e. The maximum atomic E-state index is 5.38. The van der Waals surface area contributed by atoms with E-state index in [0.29, 0.717) is 12.6 Å². The molecule has 3 nitrogen and oxygen atoms in total. The fourth-order valence-electron chi connectivity index (χ4n) is 2.40. The van der Waals surface area contributed by atoms with Crippen molar-refractivity contribution in [3.05, 3.63) is 20.3 Å². The SMILES string of the molecule is COCC(CNC1CCCc2sc(Br)cc21)OC.